The second kappa shape index (κ2) is 10.6. The lowest BCUT2D eigenvalue weighted by Crippen LogP contribution is -2.67. The van der Waals surface area contributed by atoms with Crippen molar-refractivity contribution in [2.45, 2.75) is 70.0 Å². The largest absolute Gasteiger partial charge is 0.462 e. The van der Waals surface area contributed by atoms with Crippen LogP contribution in [0.1, 0.15) is 40.5 Å². The van der Waals surface area contributed by atoms with Crippen molar-refractivity contribution in [3.63, 3.8) is 0 Å². The minimum absolute atomic E-state index is 0.0746. The lowest BCUT2D eigenvalue weighted by molar-refractivity contribution is -0.150. The molecule has 1 aliphatic heterocycles. The highest BCUT2D eigenvalue weighted by Gasteiger charge is 2.51. The zero-order chi connectivity index (χ0) is 24.1. The Hall–Kier alpha value is -2.47. The van der Waals surface area contributed by atoms with Gasteiger partial charge in [0.05, 0.1) is 18.6 Å². The van der Waals surface area contributed by atoms with E-state index >= 15 is 0 Å². The van der Waals surface area contributed by atoms with Gasteiger partial charge in [-0.15, -0.1) is 13.2 Å². The molecule has 3 rings (SSSR count). The molecular formula is C28H36O4Si. The summed E-state index contributed by atoms with van der Waals surface area (Å²) in [5.74, 6) is -0.291. The van der Waals surface area contributed by atoms with Gasteiger partial charge in [0.15, 0.2) is 0 Å². The zero-order valence-electron chi connectivity index (χ0n) is 20.2. The molecule has 4 nitrogen and oxygen atoms in total. The Morgan fingerprint density at radius 1 is 1.06 bits per heavy atom. The summed E-state index contributed by atoms with van der Waals surface area (Å²) in [7, 11) is -2.78. The van der Waals surface area contributed by atoms with Crippen molar-refractivity contribution in [1.82, 2.24) is 0 Å². The maximum Gasteiger partial charge on any atom is 0.308 e. The normalized spacial score (nSPS) is 19.9. The molecule has 0 aliphatic carbocycles. The van der Waals surface area contributed by atoms with Gasteiger partial charge in [0.2, 0.25) is 0 Å². The van der Waals surface area contributed by atoms with E-state index < -0.39 is 14.4 Å². The van der Waals surface area contributed by atoms with Gasteiger partial charge in [-0.3, -0.25) is 4.79 Å². The second-order valence-corrected chi connectivity index (χ2v) is 13.9. The van der Waals surface area contributed by atoms with E-state index in [2.05, 4.69) is 58.2 Å². The van der Waals surface area contributed by atoms with E-state index in [4.69, 9.17) is 13.9 Å². The maximum atomic E-state index is 12.8. The van der Waals surface area contributed by atoms with Crippen molar-refractivity contribution in [3.05, 3.63) is 86.0 Å². The minimum Gasteiger partial charge on any atom is -0.462 e. The third kappa shape index (κ3) is 5.91. The molecule has 1 heterocycles. The van der Waals surface area contributed by atoms with Gasteiger partial charge in [0.25, 0.3) is 8.32 Å². The van der Waals surface area contributed by atoms with Crippen molar-refractivity contribution < 1.29 is 18.7 Å². The number of carbonyl (C=O) groups excluding carboxylic acids is 1. The molecule has 1 aliphatic rings. The van der Waals surface area contributed by atoms with Gasteiger partial charge in [-0.05, 0) is 22.3 Å². The topological polar surface area (TPSA) is 48.1 Å². The highest BCUT2D eigenvalue weighted by molar-refractivity contribution is 6.99. The molecule has 0 aromatic heterocycles. The third-order valence-corrected chi connectivity index (χ3v) is 11.2. The van der Waals surface area contributed by atoms with Crippen LogP contribution in [0, 0.1) is 0 Å². The quantitative estimate of drug-likeness (QED) is 0.208. The van der Waals surface area contributed by atoms with E-state index in [1.54, 1.807) is 12.2 Å². The van der Waals surface area contributed by atoms with Crippen LogP contribution >= 0.6 is 0 Å². The van der Waals surface area contributed by atoms with Gasteiger partial charge in [-0.1, -0.05) is 93.6 Å². The number of hydrogen-bond donors (Lipinski definition) is 0. The summed E-state index contributed by atoms with van der Waals surface area (Å²) < 4.78 is 18.1. The number of esters is 1. The lowest BCUT2D eigenvalue weighted by Gasteiger charge is -2.44. The first kappa shape index (κ1) is 25.2. The molecule has 0 bridgehead atoms. The first-order valence-corrected chi connectivity index (χ1v) is 13.5. The molecule has 0 spiro atoms. The molecule has 0 unspecified atom stereocenters. The fourth-order valence-electron chi connectivity index (χ4n) is 4.46. The number of rotatable bonds is 11. The van der Waals surface area contributed by atoms with Crippen LogP contribution in [0.3, 0.4) is 0 Å². The molecule has 0 saturated carbocycles. The Balaban J connectivity index is 1.83. The Kier molecular flexibility index (Phi) is 8.11. The van der Waals surface area contributed by atoms with E-state index in [1.807, 2.05) is 43.3 Å². The van der Waals surface area contributed by atoms with Gasteiger partial charge in [-0.2, -0.15) is 0 Å². The summed E-state index contributed by atoms with van der Waals surface area (Å²) in [6, 6.07) is 20.8. The Morgan fingerprint density at radius 3 is 2.03 bits per heavy atom. The van der Waals surface area contributed by atoms with Crippen molar-refractivity contribution in [3.8, 4) is 0 Å². The zero-order valence-corrected chi connectivity index (χ0v) is 21.2. The first-order chi connectivity index (χ1) is 15.7. The molecule has 0 N–H and O–H groups in total. The number of carbonyl (C=O) groups is 1. The standard InChI is InChI=1S/C28H36O4Si/c1-7-22(20-27(29)30-21(3)19-26-25(8-2)31-26)32-33(28(4,5)6,23-15-11-9-12-16-23)24-17-13-10-14-18-24/h7-18,21-22,25-26H,1-2,19-20H2,3-6H3/t21-,22+,25-,26+/m1/s1. The minimum atomic E-state index is -2.78. The predicted molar refractivity (Wildman–Crippen MR) is 136 cm³/mol. The summed E-state index contributed by atoms with van der Waals surface area (Å²) in [6.07, 6.45) is 3.76. The van der Waals surface area contributed by atoms with Crippen LogP contribution in [-0.4, -0.2) is 38.7 Å². The summed E-state index contributed by atoms with van der Waals surface area (Å²) >= 11 is 0. The van der Waals surface area contributed by atoms with Crippen LogP contribution in [-0.2, 0) is 18.7 Å². The number of epoxide rings is 1. The van der Waals surface area contributed by atoms with Gasteiger partial charge in [-0.25, -0.2) is 0 Å². The average Bonchev–Trinajstić information content (AvgIpc) is 3.54. The number of ether oxygens (including phenoxy) is 2. The van der Waals surface area contributed by atoms with Crippen LogP contribution in [0.2, 0.25) is 5.04 Å². The highest BCUT2D eigenvalue weighted by atomic mass is 28.4. The molecule has 2 aromatic carbocycles. The van der Waals surface area contributed by atoms with Crippen molar-refractivity contribution in [2.75, 3.05) is 0 Å². The molecule has 33 heavy (non-hydrogen) atoms. The van der Waals surface area contributed by atoms with Gasteiger partial charge < -0.3 is 13.9 Å². The van der Waals surface area contributed by atoms with Crippen LogP contribution < -0.4 is 10.4 Å². The Morgan fingerprint density at radius 2 is 1.61 bits per heavy atom. The molecule has 2 aromatic rings. The highest BCUT2D eigenvalue weighted by Crippen LogP contribution is 2.38. The summed E-state index contributed by atoms with van der Waals surface area (Å²) in [4.78, 5) is 12.8. The van der Waals surface area contributed by atoms with Crippen LogP contribution in [0.4, 0.5) is 0 Å². The SMILES string of the molecule is C=C[C@@H](CC(=O)O[C@H](C)C[C@@H]1O[C@@H]1C=C)O[Si](c1ccccc1)(c1ccccc1)C(C)(C)C. The smallest absolute Gasteiger partial charge is 0.308 e. The van der Waals surface area contributed by atoms with Gasteiger partial charge in [0.1, 0.15) is 12.2 Å². The molecule has 0 amide bonds. The van der Waals surface area contributed by atoms with E-state index in [-0.39, 0.29) is 35.7 Å². The van der Waals surface area contributed by atoms with Crippen LogP contribution in [0.5, 0.6) is 0 Å². The first-order valence-electron chi connectivity index (χ1n) is 11.6. The third-order valence-electron chi connectivity index (χ3n) is 6.13. The molecule has 176 valence electrons. The maximum absolute atomic E-state index is 12.8. The van der Waals surface area contributed by atoms with Crippen molar-refractivity contribution in [1.29, 1.82) is 0 Å². The molecule has 5 heteroatoms. The fraction of sp³-hybridized carbons (Fsp3) is 0.393. The molecule has 0 radical (unpaired) electrons. The molecule has 1 saturated heterocycles. The van der Waals surface area contributed by atoms with Crippen molar-refractivity contribution in [2.24, 2.45) is 0 Å². The van der Waals surface area contributed by atoms with E-state index in [0.29, 0.717) is 6.42 Å². The number of hydrogen-bond acceptors (Lipinski definition) is 4. The van der Waals surface area contributed by atoms with Crippen LogP contribution in [0.15, 0.2) is 86.0 Å². The van der Waals surface area contributed by atoms with E-state index in [1.165, 1.54) is 10.4 Å². The Bertz CT molecular complexity index is 896. The molecule has 4 atom stereocenters. The van der Waals surface area contributed by atoms with Crippen molar-refractivity contribution >= 4 is 24.7 Å². The van der Waals surface area contributed by atoms with Gasteiger partial charge >= 0.3 is 5.97 Å². The molecular weight excluding hydrogens is 428 g/mol. The predicted octanol–water partition coefficient (Wildman–Crippen LogP) is 4.78. The molecule has 1 fully saturated rings. The summed E-state index contributed by atoms with van der Waals surface area (Å²) in [5.41, 5.74) is 0. The fourth-order valence-corrected chi connectivity index (χ4v) is 9.11. The summed E-state index contributed by atoms with van der Waals surface area (Å²) in [6.45, 7) is 16.3. The van der Waals surface area contributed by atoms with E-state index in [0.717, 1.165) is 0 Å². The lowest BCUT2D eigenvalue weighted by atomic mass is 10.1. The Labute approximate surface area is 199 Å². The van der Waals surface area contributed by atoms with Gasteiger partial charge in [0, 0.05) is 6.42 Å². The monoisotopic (exact) mass is 464 g/mol. The van der Waals surface area contributed by atoms with E-state index in [9.17, 15) is 4.79 Å². The number of benzene rings is 2. The second-order valence-electron chi connectivity index (χ2n) is 9.67. The average molecular weight is 465 g/mol. The summed E-state index contributed by atoms with van der Waals surface area (Å²) in [5, 5.41) is 2.15. The van der Waals surface area contributed by atoms with Crippen LogP contribution in [0.25, 0.3) is 0 Å².